The summed E-state index contributed by atoms with van der Waals surface area (Å²) in [7, 11) is 0. The molecule has 0 aromatic heterocycles. The molecule has 0 bridgehead atoms. The first-order chi connectivity index (χ1) is 18.4. The summed E-state index contributed by atoms with van der Waals surface area (Å²) in [5, 5.41) is 31.6. The van der Waals surface area contributed by atoms with Gasteiger partial charge in [-0.3, -0.25) is 4.79 Å². The predicted octanol–water partition coefficient (Wildman–Crippen LogP) is 6.90. The van der Waals surface area contributed by atoms with Crippen LogP contribution in [0.1, 0.15) is 49.0 Å². The maximum absolute atomic E-state index is 13.3. The van der Waals surface area contributed by atoms with Gasteiger partial charge in [0.2, 0.25) is 5.91 Å². The molecule has 3 atom stereocenters. The van der Waals surface area contributed by atoms with E-state index in [-0.39, 0.29) is 35.2 Å². The van der Waals surface area contributed by atoms with Crippen LogP contribution < -0.4 is 4.90 Å². The first kappa shape index (κ1) is 25.5. The van der Waals surface area contributed by atoms with Crippen molar-refractivity contribution in [3.05, 3.63) is 114 Å². The zero-order valence-corrected chi connectivity index (χ0v) is 20.9. The van der Waals surface area contributed by atoms with E-state index >= 15 is 0 Å². The second kappa shape index (κ2) is 11.1. The van der Waals surface area contributed by atoms with Crippen LogP contribution in [0.3, 0.4) is 0 Å². The molecule has 1 aliphatic heterocycles. The maximum atomic E-state index is 13.3. The third-order valence-electron chi connectivity index (χ3n) is 7.30. The summed E-state index contributed by atoms with van der Waals surface area (Å²) >= 11 is 0. The minimum absolute atomic E-state index is 0.0123. The van der Waals surface area contributed by atoms with Crippen LogP contribution in [0.2, 0.25) is 0 Å². The third-order valence-corrected chi connectivity index (χ3v) is 7.30. The fourth-order valence-electron chi connectivity index (χ4n) is 5.43. The van der Waals surface area contributed by atoms with Crippen LogP contribution in [0.25, 0.3) is 11.1 Å². The lowest BCUT2D eigenvalue weighted by Gasteiger charge is -2.30. The summed E-state index contributed by atoms with van der Waals surface area (Å²) < 4.78 is 13.2. The number of aromatic hydroxyl groups is 2. The Morgan fingerprint density at radius 3 is 2.32 bits per heavy atom. The van der Waals surface area contributed by atoms with Crippen molar-refractivity contribution in [2.24, 2.45) is 5.92 Å². The van der Waals surface area contributed by atoms with Crippen LogP contribution in [-0.4, -0.2) is 21.2 Å². The molecule has 6 heteroatoms. The second-order valence-electron chi connectivity index (χ2n) is 9.83. The lowest BCUT2D eigenvalue weighted by atomic mass is 9.87. The molecular formula is C32H30FNO4. The van der Waals surface area contributed by atoms with Gasteiger partial charge in [0, 0.05) is 17.7 Å². The van der Waals surface area contributed by atoms with Crippen LogP contribution >= 0.6 is 0 Å². The highest BCUT2D eigenvalue weighted by Crippen LogP contribution is 2.47. The van der Waals surface area contributed by atoms with E-state index in [4.69, 9.17) is 0 Å². The smallest absolute Gasteiger partial charge is 0.227 e. The van der Waals surface area contributed by atoms with Gasteiger partial charge in [0.15, 0.2) is 0 Å². The molecule has 1 aliphatic rings. The van der Waals surface area contributed by atoms with Gasteiger partial charge in [-0.05, 0) is 77.9 Å². The molecule has 1 heterocycles. The molecule has 1 fully saturated rings. The second-order valence-corrected chi connectivity index (χ2v) is 9.83. The van der Waals surface area contributed by atoms with Crippen molar-refractivity contribution < 1.29 is 24.5 Å². The van der Waals surface area contributed by atoms with Gasteiger partial charge >= 0.3 is 0 Å². The van der Waals surface area contributed by atoms with E-state index in [2.05, 4.69) is 0 Å². The maximum Gasteiger partial charge on any atom is 0.227 e. The monoisotopic (exact) mass is 511 g/mol. The predicted molar refractivity (Wildman–Crippen MR) is 145 cm³/mol. The number of carbonyl (C=O) groups excluding carboxylic acids is 1. The molecule has 1 saturated heterocycles. The number of para-hydroxylation sites is 1. The number of rotatable bonds is 8. The van der Waals surface area contributed by atoms with Crippen LogP contribution in [0.15, 0.2) is 97.1 Å². The van der Waals surface area contributed by atoms with E-state index in [0.717, 1.165) is 16.8 Å². The van der Waals surface area contributed by atoms with Crippen LogP contribution in [0, 0.1) is 11.7 Å². The van der Waals surface area contributed by atoms with E-state index in [1.807, 2.05) is 48.5 Å². The molecule has 5 nitrogen and oxygen atoms in total. The largest absolute Gasteiger partial charge is 0.508 e. The Hall–Kier alpha value is -4.16. The fraction of sp³-hybridized carbons (Fsp3) is 0.219. The topological polar surface area (TPSA) is 81.0 Å². The molecule has 38 heavy (non-hydrogen) atoms. The Balaban J connectivity index is 1.41. The van der Waals surface area contributed by atoms with E-state index in [0.29, 0.717) is 36.8 Å². The van der Waals surface area contributed by atoms with E-state index in [1.54, 1.807) is 41.3 Å². The normalized spacial score (nSPS) is 18.1. The Morgan fingerprint density at radius 1 is 0.868 bits per heavy atom. The van der Waals surface area contributed by atoms with Crippen molar-refractivity contribution in [1.29, 1.82) is 0 Å². The zero-order chi connectivity index (χ0) is 26.6. The van der Waals surface area contributed by atoms with Gasteiger partial charge in [-0.15, -0.1) is 0 Å². The third kappa shape index (κ3) is 5.41. The van der Waals surface area contributed by atoms with Gasteiger partial charge in [-0.25, -0.2) is 4.39 Å². The Bertz CT molecular complexity index is 1410. The molecule has 194 valence electrons. The quantitative estimate of drug-likeness (QED) is 0.240. The molecule has 4 aromatic carbocycles. The number of carbonyl (C=O) groups is 1. The lowest BCUT2D eigenvalue weighted by Crippen LogP contribution is -2.28. The number of anilines is 1. The summed E-state index contributed by atoms with van der Waals surface area (Å²) in [6.45, 7) is 0. The van der Waals surface area contributed by atoms with Crippen molar-refractivity contribution in [3.8, 4) is 22.6 Å². The van der Waals surface area contributed by atoms with E-state index in [9.17, 15) is 24.5 Å². The SMILES string of the molecule is O=C1C[C@@H](CCC[C@@H](O)c2ccc(F)cc2)[C@@H](c2ccc(-c3cccc(O)c3)cc2O)N1c1ccccc1. The highest BCUT2D eigenvalue weighted by molar-refractivity contribution is 5.97. The van der Waals surface area contributed by atoms with Crippen LogP contribution in [-0.2, 0) is 4.79 Å². The number of benzene rings is 4. The van der Waals surface area contributed by atoms with E-state index < -0.39 is 6.10 Å². The number of hydrogen-bond donors (Lipinski definition) is 3. The van der Waals surface area contributed by atoms with E-state index in [1.165, 1.54) is 12.1 Å². The Kier molecular flexibility index (Phi) is 7.43. The summed E-state index contributed by atoms with van der Waals surface area (Å²) in [4.78, 5) is 15.1. The summed E-state index contributed by atoms with van der Waals surface area (Å²) in [5.41, 5.74) is 3.63. The van der Waals surface area contributed by atoms with Gasteiger partial charge in [0.05, 0.1) is 12.1 Å². The number of aliphatic hydroxyl groups excluding tert-OH is 1. The van der Waals surface area contributed by atoms with Gasteiger partial charge in [0.25, 0.3) is 0 Å². The average molecular weight is 512 g/mol. The molecule has 0 radical (unpaired) electrons. The lowest BCUT2D eigenvalue weighted by molar-refractivity contribution is -0.117. The number of hydrogen-bond acceptors (Lipinski definition) is 4. The van der Waals surface area contributed by atoms with Gasteiger partial charge < -0.3 is 20.2 Å². The van der Waals surface area contributed by atoms with Crippen molar-refractivity contribution >= 4 is 11.6 Å². The standard InChI is InChI=1S/C32H30FNO4/c33-25-15-12-21(13-16-25)29(36)11-5-7-24-20-31(38)34(26-8-2-1-3-9-26)32(24)28-17-14-23(19-30(28)37)22-6-4-10-27(35)18-22/h1-4,6,8-10,12-19,24,29,32,35-37H,5,7,11,20H2/t24-,29-,32+/m1/s1. The molecule has 3 N–H and O–H groups in total. The van der Waals surface area contributed by atoms with Crippen LogP contribution in [0.5, 0.6) is 11.5 Å². The number of halogens is 1. The Labute approximate surface area is 221 Å². The molecule has 0 saturated carbocycles. The van der Waals surface area contributed by atoms with Gasteiger partial charge in [0.1, 0.15) is 17.3 Å². The minimum atomic E-state index is -0.716. The van der Waals surface area contributed by atoms with Gasteiger partial charge in [-0.2, -0.15) is 0 Å². The molecule has 4 aromatic rings. The summed E-state index contributed by atoms with van der Waals surface area (Å²) in [6.07, 6.45) is 1.44. The Morgan fingerprint density at radius 2 is 1.61 bits per heavy atom. The number of amides is 1. The highest BCUT2D eigenvalue weighted by Gasteiger charge is 2.42. The number of phenols is 2. The molecular weight excluding hydrogens is 481 g/mol. The fourth-order valence-corrected chi connectivity index (χ4v) is 5.43. The summed E-state index contributed by atoms with van der Waals surface area (Å²) in [6, 6.07) is 27.2. The van der Waals surface area contributed by atoms with Gasteiger partial charge in [-0.1, -0.05) is 61.0 Å². The first-order valence-electron chi connectivity index (χ1n) is 12.8. The molecule has 0 aliphatic carbocycles. The number of aliphatic hydroxyl groups is 1. The van der Waals surface area contributed by atoms with Crippen molar-refractivity contribution in [2.45, 2.75) is 37.8 Å². The van der Waals surface area contributed by atoms with Crippen molar-refractivity contribution in [2.75, 3.05) is 4.90 Å². The van der Waals surface area contributed by atoms with Crippen molar-refractivity contribution in [1.82, 2.24) is 0 Å². The minimum Gasteiger partial charge on any atom is -0.508 e. The van der Waals surface area contributed by atoms with Crippen molar-refractivity contribution in [3.63, 3.8) is 0 Å². The molecule has 0 spiro atoms. The van der Waals surface area contributed by atoms with Crippen LogP contribution in [0.4, 0.5) is 10.1 Å². The summed E-state index contributed by atoms with van der Waals surface area (Å²) in [5.74, 6) is -0.194. The number of phenolic OH excluding ortho intramolecular Hbond substituents is 2. The molecule has 5 rings (SSSR count). The number of nitrogens with zero attached hydrogens (tertiary/aromatic N) is 1. The highest BCUT2D eigenvalue weighted by atomic mass is 19.1. The first-order valence-corrected chi connectivity index (χ1v) is 12.8. The molecule has 0 unspecified atom stereocenters. The molecule has 1 amide bonds. The zero-order valence-electron chi connectivity index (χ0n) is 20.9. The average Bonchev–Trinajstić information content (AvgIpc) is 3.24.